The molecule has 1 amide bonds. The highest BCUT2D eigenvalue weighted by Gasteiger charge is 2.35. The predicted molar refractivity (Wildman–Crippen MR) is 87.5 cm³/mol. The van der Waals surface area contributed by atoms with Crippen LogP contribution in [0.4, 0.5) is 0 Å². The first kappa shape index (κ1) is 16.2. The lowest BCUT2D eigenvalue weighted by atomic mass is 9.77. The maximum absolute atomic E-state index is 12.6. The van der Waals surface area contributed by atoms with Crippen LogP contribution in [0.25, 0.3) is 0 Å². The quantitative estimate of drug-likeness (QED) is 0.534. The Morgan fingerprint density at radius 2 is 1.70 bits per heavy atom. The van der Waals surface area contributed by atoms with Gasteiger partial charge < -0.3 is 4.90 Å². The highest BCUT2D eigenvalue weighted by atomic mass is 127. The van der Waals surface area contributed by atoms with Crippen LogP contribution in [0.15, 0.2) is 0 Å². The van der Waals surface area contributed by atoms with Gasteiger partial charge in [-0.25, -0.2) is 0 Å². The van der Waals surface area contributed by atoms with Gasteiger partial charge in [0.15, 0.2) is 0 Å². The predicted octanol–water partition coefficient (Wildman–Crippen LogP) is 2.66. The smallest absolute Gasteiger partial charge is 0.235 e. The van der Waals surface area contributed by atoms with Gasteiger partial charge in [-0.15, -0.1) is 0 Å². The summed E-state index contributed by atoms with van der Waals surface area (Å²) in [5, 5.41) is 0. The Labute approximate surface area is 135 Å². The van der Waals surface area contributed by atoms with Gasteiger partial charge in [-0.05, 0) is 45.7 Å². The van der Waals surface area contributed by atoms with Crippen molar-refractivity contribution < 1.29 is 9.59 Å². The number of nitrogens with zero attached hydrogens (tertiary/aromatic N) is 2. The highest BCUT2D eigenvalue weighted by molar-refractivity contribution is 14.1. The highest BCUT2D eigenvalue weighted by Crippen LogP contribution is 2.32. The van der Waals surface area contributed by atoms with Crippen LogP contribution in [0.3, 0.4) is 0 Å². The van der Waals surface area contributed by atoms with Crippen molar-refractivity contribution in [3.05, 3.63) is 0 Å². The van der Waals surface area contributed by atoms with E-state index < -0.39 is 0 Å². The first-order valence-corrected chi connectivity index (χ1v) is 8.76. The Bertz CT molecular complexity index is 356. The maximum Gasteiger partial charge on any atom is 0.235 e. The van der Waals surface area contributed by atoms with Crippen LogP contribution in [0, 0.1) is 11.8 Å². The monoisotopic (exact) mass is 392 g/mol. The average molecular weight is 392 g/mol. The number of likely N-dealkylation sites (tertiary alicyclic amines) is 1. The molecule has 0 aromatic rings. The average Bonchev–Trinajstić information content (AvgIpc) is 2.97. The summed E-state index contributed by atoms with van der Waals surface area (Å²) in [7, 11) is 0. The minimum atomic E-state index is -0.0725. The molecule has 4 nitrogen and oxygen atoms in total. The Morgan fingerprint density at radius 3 is 2.30 bits per heavy atom. The lowest BCUT2D eigenvalue weighted by Crippen LogP contribution is -2.40. The molecular weight excluding hydrogens is 367 g/mol. The molecule has 1 saturated carbocycles. The number of Topliss-reactive ketones (excluding diaryl/α,β-unsaturated/α-hetero) is 1. The Morgan fingerprint density at radius 1 is 1.10 bits per heavy atom. The summed E-state index contributed by atoms with van der Waals surface area (Å²) in [6.45, 7) is 5.71. The fourth-order valence-corrected chi connectivity index (χ4v) is 4.01. The number of amides is 1. The normalized spacial score (nSPS) is 27.5. The molecule has 1 aliphatic carbocycles. The molecule has 1 aliphatic heterocycles. The number of hydrogen-bond acceptors (Lipinski definition) is 3. The number of halogens is 1. The van der Waals surface area contributed by atoms with E-state index in [1.54, 1.807) is 6.92 Å². The van der Waals surface area contributed by atoms with E-state index >= 15 is 0 Å². The fraction of sp³-hybridized carbons (Fsp3) is 0.867. The van der Waals surface area contributed by atoms with E-state index in [0.717, 1.165) is 51.9 Å². The van der Waals surface area contributed by atoms with E-state index in [9.17, 15) is 9.59 Å². The number of carbonyl (C=O) groups excluding carboxylic acids is 2. The van der Waals surface area contributed by atoms with Crippen molar-refractivity contribution in [3.8, 4) is 0 Å². The zero-order valence-electron chi connectivity index (χ0n) is 12.3. The van der Waals surface area contributed by atoms with Gasteiger partial charge in [0.25, 0.3) is 0 Å². The summed E-state index contributed by atoms with van der Waals surface area (Å²) in [5.41, 5.74) is 0. The van der Waals surface area contributed by atoms with Gasteiger partial charge in [0.1, 0.15) is 5.78 Å². The third-order valence-corrected chi connectivity index (χ3v) is 5.61. The molecule has 0 aromatic heterocycles. The molecule has 2 fully saturated rings. The summed E-state index contributed by atoms with van der Waals surface area (Å²) in [5.74, 6) is 0.245. The second-order valence-corrected chi connectivity index (χ2v) is 7.25. The first-order valence-electron chi connectivity index (χ1n) is 7.79. The van der Waals surface area contributed by atoms with Crippen molar-refractivity contribution in [1.29, 1.82) is 0 Å². The van der Waals surface area contributed by atoms with E-state index in [4.69, 9.17) is 0 Å². The second kappa shape index (κ2) is 7.73. The SMILES string of the molecule is CC(=O)[C@@H]1CCCC[C@@H]1C(=O)N(I)CCN1CCCC1. The molecule has 0 aromatic carbocycles. The van der Waals surface area contributed by atoms with E-state index in [-0.39, 0.29) is 23.5 Å². The van der Waals surface area contributed by atoms with E-state index in [2.05, 4.69) is 27.8 Å². The van der Waals surface area contributed by atoms with Crippen LogP contribution in [-0.4, -0.2) is 45.9 Å². The summed E-state index contributed by atoms with van der Waals surface area (Å²) in [6, 6.07) is 0. The van der Waals surface area contributed by atoms with Gasteiger partial charge in [0.2, 0.25) is 5.91 Å². The van der Waals surface area contributed by atoms with E-state index in [1.807, 2.05) is 3.11 Å². The van der Waals surface area contributed by atoms with E-state index in [0.29, 0.717) is 0 Å². The molecule has 0 radical (unpaired) electrons. The molecular formula is C15H25IN2O2. The molecule has 20 heavy (non-hydrogen) atoms. The van der Waals surface area contributed by atoms with Gasteiger partial charge in [0.05, 0.1) is 22.9 Å². The second-order valence-electron chi connectivity index (χ2n) is 6.08. The van der Waals surface area contributed by atoms with Crippen LogP contribution in [0.1, 0.15) is 45.4 Å². The lowest BCUT2D eigenvalue weighted by Gasteiger charge is -2.31. The summed E-state index contributed by atoms with van der Waals surface area (Å²) >= 11 is 2.14. The largest absolute Gasteiger partial charge is 0.302 e. The third-order valence-electron chi connectivity index (χ3n) is 4.66. The van der Waals surface area contributed by atoms with Crippen LogP contribution in [0.2, 0.25) is 0 Å². The molecule has 0 spiro atoms. The van der Waals surface area contributed by atoms with Crippen molar-refractivity contribution in [2.24, 2.45) is 11.8 Å². The zero-order valence-corrected chi connectivity index (χ0v) is 14.5. The molecule has 5 heteroatoms. The van der Waals surface area contributed by atoms with Crippen molar-refractivity contribution >= 4 is 34.6 Å². The van der Waals surface area contributed by atoms with Crippen molar-refractivity contribution in [2.45, 2.75) is 45.4 Å². The lowest BCUT2D eigenvalue weighted by molar-refractivity contribution is -0.137. The van der Waals surface area contributed by atoms with Crippen LogP contribution in [0.5, 0.6) is 0 Å². The van der Waals surface area contributed by atoms with Gasteiger partial charge >= 0.3 is 0 Å². The Balaban J connectivity index is 1.85. The minimum Gasteiger partial charge on any atom is -0.302 e. The van der Waals surface area contributed by atoms with E-state index in [1.165, 1.54) is 12.8 Å². The Hall–Kier alpha value is -0.170. The van der Waals surface area contributed by atoms with Crippen LogP contribution < -0.4 is 0 Å². The number of ketones is 1. The topological polar surface area (TPSA) is 40.6 Å². The number of carbonyl (C=O) groups is 2. The van der Waals surface area contributed by atoms with Gasteiger partial charge in [0, 0.05) is 24.9 Å². The van der Waals surface area contributed by atoms with Crippen molar-refractivity contribution in [3.63, 3.8) is 0 Å². The molecule has 1 saturated heterocycles. The molecule has 2 aliphatic rings. The summed E-state index contributed by atoms with van der Waals surface area (Å²) in [4.78, 5) is 26.7. The zero-order chi connectivity index (χ0) is 14.5. The van der Waals surface area contributed by atoms with Crippen molar-refractivity contribution in [1.82, 2.24) is 8.01 Å². The van der Waals surface area contributed by atoms with Gasteiger partial charge in [-0.1, -0.05) is 12.8 Å². The molecule has 2 rings (SSSR count). The van der Waals surface area contributed by atoms with Gasteiger partial charge in [-0.2, -0.15) is 0 Å². The summed E-state index contributed by atoms with van der Waals surface area (Å²) < 4.78 is 1.82. The summed E-state index contributed by atoms with van der Waals surface area (Å²) in [6.07, 6.45) is 6.50. The number of rotatable bonds is 5. The fourth-order valence-electron chi connectivity index (χ4n) is 3.44. The number of hydrogen-bond donors (Lipinski definition) is 0. The third kappa shape index (κ3) is 4.16. The minimum absolute atomic E-state index is 0.0414. The molecule has 0 bridgehead atoms. The van der Waals surface area contributed by atoms with Crippen LogP contribution in [-0.2, 0) is 9.59 Å². The van der Waals surface area contributed by atoms with Crippen LogP contribution >= 0.6 is 22.9 Å². The standard InChI is InChI=1S/C15H25IN2O2/c1-12(19)13-6-2-3-7-14(13)15(20)18(16)11-10-17-8-4-5-9-17/h13-14H,2-11H2,1H3/t13-,14-/m0/s1. The molecule has 0 unspecified atom stereocenters. The van der Waals surface area contributed by atoms with Crippen molar-refractivity contribution in [2.75, 3.05) is 26.2 Å². The molecule has 0 N–H and O–H groups in total. The first-order chi connectivity index (χ1) is 9.59. The maximum atomic E-state index is 12.6. The molecule has 114 valence electrons. The molecule has 1 heterocycles. The molecule has 2 atom stereocenters. The Kier molecular flexibility index (Phi) is 6.26. The van der Waals surface area contributed by atoms with Gasteiger partial charge in [-0.3, -0.25) is 12.7 Å².